The van der Waals surface area contributed by atoms with Gasteiger partial charge < -0.3 is 39.0 Å². The lowest BCUT2D eigenvalue weighted by atomic mass is 10.1. The monoisotopic (exact) mass is 630 g/mol. The number of aliphatic hydroxyl groups excluding tert-OH is 3. The molecule has 2 saturated heterocycles. The molecule has 260 valence electrons. The molecule has 44 heavy (non-hydrogen) atoms. The highest BCUT2D eigenvalue weighted by molar-refractivity contribution is 5.69. The largest absolute Gasteiger partial charge is 0.463 e. The molecule has 2 aliphatic rings. The van der Waals surface area contributed by atoms with Crippen LogP contribution in [-0.4, -0.2) is 84.2 Å². The summed E-state index contributed by atoms with van der Waals surface area (Å²) in [5, 5.41) is 31.2. The Labute approximate surface area is 267 Å². The number of hydrogen-bond donors (Lipinski definition) is 3. The van der Waals surface area contributed by atoms with Crippen LogP contribution >= 0.6 is 0 Å². The van der Waals surface area contributed by atoms with E-state index in [-0.39, 0.29) is 32.1 Å². The smallest absolute Gasteiger partial charge is 0.305 e. The van der Waals surface area contributed by atoms with Crippen LogP contribution in [0.15, 0.2) is 0 Å². The Bertz CT molecular complexity index is 693. The molecule has 9 heteroatoms. The van der Waals surface area contributed by atoms with Crippen LogP contribution in [0.2, 0.25) is 0 Å². The van der Waals surface area contributed by atoms with Crippen molar-refractivity contribution in [2.45, 2.75) is 198 Å². The van der Waals surface area contributed by atoms with Gasteiger partial charge in [-0.15, -0.1) is 0 Å². The molecule has 0 aromatic heterocycles. The number of carbonyl (C=O) groups excluding carboxylic acids is 1. The van der Waals surface area contributed by atoms with Crippen LogP contribution in [0.1, 0.15) is 155 Å². The van der Waals surface area contributed by atoms with Crippen LogP contribution in [0.3, 0.4) is 0 Å². The van der Waals surface area contributed by atoms with Crippen molar-refractivity contribution in [2.75, 3.05) is 19.8 Å². The number of rotatable bonds is 28. The Morgan fingerprint density at radius 1 is 0.705 bits per heavy atom. The van der Waals surface area contributed by atoms with E-state index in [1.807, 2.05) is 0 Å². The Morgan fingerprint density at radius 3 is 1.80 bits per heavy atom. The van der Waals surface area contributed by atoms with Crippen molar-refractivity contribution in [3.8, 4) is 0 Å². The summed E-state index contributed by atoms with van der Waals surface area (Å²) in [6.45, 7) is 4.36. The van der Waals surface area contributed by atoms with Crippen LogP contribution in [0.4, 0.5) is 0 Å². The molecule has 0 aliphatic carbocycles. The molecule has 0 unspecified atom stereocenters. The van der Waals surface area contributed by atoms with E-state index in [1.165, 1.54) is 96.3 Å². The Morgan fingerprint density at radius 2 is 1.23 bits per heavy atom. The zero-order valence-corrected chi connectivity index (χ0v) is 28.0. The van der Waals surface area contributed by atoms with E-state index in [2.05, 4.69) is 13.8 Å². The maximum absolute atomic E-state index is 12.0. The molecule has 0 aromatic carbocycles. The average molecular weight is 631 g/mol. The molecule has 0 bridgehead atoms. The minimum absolute atomic E-state index is 0.189. The summed E-state index contributed by atoms with van der Waals surface area (Å²) >= 11 is 0. The molecule has 3 N–H and O–H groups in total. The van der Waals surface area contributed by atoms with Crippen molar-refractivity contribution >= 4 is 5.97 Å². The molecule has 2 rings (SSSR count). The molecular formula is C35H66O9. The predicted octanol–water partition coefficient (Wildman–Crippen LogP) is 6.72. The van der Waals surface area contributed by atoms with Crippen molar-refractivity contribution < 1.29 is 43.8 Å². The summed E-state index contributed by atoms with van der Waals surface area (Å²) in [5.74, 6) is -0.333. The molecule has 0 spiro atoms. The van der Waals surface area contributed by atoms with Crippen molar-refractivity contribution in [3.63, 3.8) is 0 Å². The molecule has 0 amide bonds. The standard InChI is InChI=1S/C35H66O9/c1-3-5-7-9-11-13-14-16-18-20-22-24-31-41-27-29(43-31)34-32(38)33(39)35(44-34)42-26-28(36)25-40-30(37)23-21-19-17-15-12-10-8-6-4-2/h28-29,31-36,38-39H,3-27H2,1-2H3/t28-,29-,31-,32-,33-,34+,35-/m1/s1. The van der Waals surface area contributed by atoms with Crippen LogP contribution in [-0.2, 0) is 28.5 Å². The first kappa shape index (κ1) is 39.4. The lowest BCUT2D eigenvalue weighted by molar-refractivity contribution is -0.195. The van der Waals surface area contributed by atoms with Gasteiger partial charge in [0.2, 0.25) is 0 Å². The highest BCUT2D eigenvalue weighted by Gasteiger charge is 2.49. The maximum Gasteiger partial charge on any atom is 0.305 e. The Balaban J connectivity index is 1.49. The third-order valence-electron chi connectivity index (χ3n) is 8.81. The van der Waals surface area contributed by atoms with Crippen molar-refractivity contribution in [1.29, 1.82) is 0 Å². The molecule has 0 radical (unpaired) electrons. The lowest BCUT2D eigenvalue weighted by Gasteiger charge is -2.20. The molecule has 9 nitrogen and oxygen atoms in total. The van der Waals surface area contributed by atoms with Gasteiger partial charge in [-0.2, -0.15) is 0 Å². The number of carbonyl (C=O) groups is 1. The van der Waals surface area contributed by atoms with E-state index in [4.69, 9.17) is 23.7 Å². The zero-order valence-electron chi connectivity index (χ0n) is 28.0. The zero-order chi connectivity index (χ0) is 31.8. The maximum atomic E-state index is 12.0. The van der Waals surface area contributed by atoms with E-state index in [1.54, 1.807) is 0 Å². The second-order valence-electron chi connectivity index (χ2n) is 13.0. The number of esters is 1. The first-order valence-corrected chi connectivity index (χ1v) is 18.2. The fourth-order valence-corrected chi connectivity index (χ4v) is 5.99. The van der Waals surface area contributed by atoms with Crippen molar-refractivity contribution in [2.24, 2.45) is 0 Å². The summed E-state index contributed by atoms with van der Waals surface area (Å²) in [6.07, 6.45) is 19.5. The predicted molar refractivity (Wildman–Crippen MR) is 171 cm³/mol. The van der Waals surface area contributed by atoms with Gasteiger partial charge in [0.1, 0.15) is 37.1 Å². The molecule has 0 aromatic rings. The summed E-state index contributed by atoms with van der Waals surface area (Å²) in [6, 6.07) is 0. The van der Waals surface area contributed by atoms with Gasteiger partial charge in [0.25, 0.3) is 0 Å². The third kappa shape index (κ3) is 17.2. The van der Waals surface area contributed by atoms with E-state index in [9.17, 15) is 20.1 Å². The van der Waals surface area contributed by atoms with Crippen LogP contribution in [0, 0.1) is 0 Å². The fourth-order valence-electron chi connectivity index (χ4n) is 5.99. The van der Waals surface area contributed by atoms with Gasteiger partial charge in [-0.25, -0.2) is 0 Å². The highest BCUT2D eigenvalue weighted by atomic mass is 16.8. The summed E-state index contributed by atoms with van der Waals surface area (Å²) in [5.41, 5.74) is 0. The first-order valence-electron chi connectivity index (χ1n) is 18.2. The molecule has 2 heterocycles. The molecule has 0 saturated carbocycles. The first-order chi connectivity index (χ1) is 21.5. The molecule has 2 aliphatic heterocycles. The lowest BCUT2D eigenvalue weighted by Crippen LogP contribution is -2.40. The molecular weight excluding hydrogens is 564 g/mol. The van der Waals surface area contributed by atoms with E-state index >= 15 is 0 Å². The Hall–Kier alpha value is -0.810. The second-order valence-corrected chi connectivity index (χ2v) is 13.0. The molecule has 7 atom stereocenters. The summed E-state index contributed by atoms with van der Waals surface area (Å²) in [4.78, 5) is 12.0. The van der Waals surface area contributed by atoms with Crippen LogP contribution in [0.5, 0.6) is 0 Å². The minimum atomic E-state index is -1.28. The van der Waals surface area contributed by atoms with Gasteiger partial charge in [0, 0.05) is 6.42 Å². The van der Waals surface area contributed by atoms with Gasteiger partial charge in [0.05, 0.1) is 13.2 Å². The van der Waals surface area contributed by atoms with E-state index < -0.39 is 36.8 Å². The minimum Gasteiger partial charge on any atom is -0.463 e. The van der Waals surface area contributed by atoms with E-state index in [0.29, 0.717) is 6.42 Å². The van der Waals surface area contributed by atoms with Gasteiger partial charge in [-0.1, -0.05) is 129 Å². The summed E-state index contributed by atoms with van der Waals surface area (Å²) < 4.78 is 28.2. The Kier molecular flexibility index (Phi) is 22.6. The average Bonchev–Trinajstić information content (AvgIpc) is 3.60. The van der Waals surface area contributed by atoms with E-state index in [0.717, 1.165) is 38.5 Å². The normalized spacial score (nSPS) is 25.9. The van der Waals surface area contributed by atoms with Crippen LogP contribution < -0.4 is 0 Å². The number of hydrogen-bond acceptors (Lipinski definition) is 9. The van der Waals surface area contributed by atoms with Gasteiger partial charge in [-0.3, -0.25) is 4.79 Å². The van der Waals surface area contributed by atoms with Crippen LogP contribution in [0.25, 0.3) is 0 Å². The second kappa shape index (κ2) is 25.3. The van der Waals surface area contributed by atoms with Gasteiger partial charge in [-0.05, 0) is 19.3 Å². The number of ether oxygens (including phenoxy) is 5. The third-order valence-corrected chi connectivity index (χ3v) is 8.81. The summed E-state index contributed by atoms with van der Waals surface area (Å²) in [7, 11) is 0. The topological polar surface area (TPSA) is 124 Å². The van der Waals surface area contributed by atoms with Gasteiger partial charge >= 0.3 is 5.97 Å². The number of unbranched alkanes of at least 4 members (excludes halogenated alkanes) is 18. The van der Waals surface area contributed by atoms with Gasteiger partial charge in [0.15, 0.2) is 12.6 Å². The molecule has 2 fully saturated rings. The fraction of sp³-hybridized carbons (Fsp3) is 0.971. The highest BCUT2D eigenvalue weighted by Crippen LogP contribution is 2.30. The van der Waals surface area contributed by atoms with Crippen molar-refractivity contribution in [3.05, 3.63) is 0 Å². The quantitative estimate of drug-likeness (QED) is 0.0639. The SMILES string of the molecule is CCCCCCCCCCCCC[C@@H]1OC[C@H]([C@@H]2O[C@@H](OC[C@H](O)COC(=O)CCCCCCCCCCC)[C@H](O)[C@H]2O)O1. The number of aliphatic hydroxyl groups is 3. The van der Waals surface area contributed by atoms with Crippen molar-refractivity contribution in [1.82, 2.24) is 0 Å².